The van der Waals surface area contributed by atoms with E-state index < -0.39 is 6.04 Å². The summed E-state index contributed by atoms with van der Waals surface area (Å²) in [5.74, 6) is -0.871. The summed E-state index contributed by atoms with van der Waals surface area (Å²) in [6, 6.07) is 6.26. The molecule has 1 atom stereocenters. The van der Waals surface area contributed by atoms with E-state index in [1.54, 1.807) is 36.1 Å². The van der Waals surface area contributed by atoms with E-state index in [-0.39, 0.29) is 36.8 Å². The van der Waals surface area contributed by atoms with Gasteiger partial charge in [-0.15, -0.1) is 0 Å². The third kappa shape index (κ3) is 6.42. The Morgan fingerprint density at radius 3 is 2.47 bits per heavy atom. The highest BCUT2D eigenvalue weighted by atomic mass is 79.9. The zero-order chi connectivity index (χ0) is 23.1. The van der Waals surface area contributed by atoms with Crippen molar-refractivity contribution < 1.29 is 23.9 Å². The molecule has 11 heteroatoms. The number of nitrogens with one attached hydrogen (secondary N) is 2. The molecule has 10 nitrogen and oxygen atoms in total. The Balaban J connectivity index is 1.54. The molecular formula is C21H28BrN5O5. The minimum Gasteiger partial charge on any atom is -0.450 e. The van der Waals surface area contributed by atoms with Gasteiger partial charge in [-0.25, -0.2) is 4.79 Å². The number of carbonyl (C=O) groups is 4. The van der Waals surface area contributed by atoms with Gasteiger partial charge in [0.15, 0.2) is 0 Å². The second-order valence-electron chi connectivity index (χ2n) is 7.62. The minimum atomic E-state index is -0.854. The van der Waals surface area contributed by atoms with Crippen molar-refractivity contribution in [2.24, 2.45) is 0 Å². The van der Waals surface area contributed by atoms with Gasteiger partial charge < -0.3 is 25.2 Å². The molecule has 0 aromatic heterocycles. The maximum Gasteiger partial charge on any atom is 0.409 e. The summed E-state index contributed by atoms with van der Waals surface area (Å²) in [5, 5.41) is 5.50. The number of carbonyl (C=O) groups excluding carboxylic acids is 4. The van der Waals surface area contributed by atoms with Crippen molar-refractivity contribution in [3.63, 3.8) is 0 Å². The first-order valence-electron chi connectivity index (χ1n) is 10.6. The molecule has 0 radical (unpaired) electrons. The molecule has 1 unspecified atom stereocenters. The van der Waals surface area contributed by atoms with Crippen LogP contribution in [0.5, 0.6) is 0 Å². The van der Waals surface area contributed by atoms with Crippen LogP contribution >= 0.6 is 15.9 Å². The highest BCUT2D eigenvalue weighted by Gasteiger charge is 2.35. The van der Waals surface area contributed by atoms with Gasteiger partial charge in [0.25, 0.3) is 0 Å². The number of nitrogens with zero attached hydrogens (tertiary/aromatic N) is 3. The molecule has 0 saturated carbocycles. The fraction of sp³-hybridized carbons (Fsp3) is 0.524. The number of hydrogen-bond acceptors (Lipinski definition) is 6. The Kier molecular flexibility index (Phi) is 8.46. The lowest BCUT2D eigenvalue weighted by Crippen LogP contribution is -2.60. The van der Waals surface area contributed by atoms with Gasteiger partial charge in [0.1, 0.15) is 6.04 Å². The summed E-state index contributed by atoms with van der Waals surface area (Å²) in [7, 11) is 0. The average Bonchev–Trinajstić information content (AvgIpc) is 2.77. The maximum absolute atomic E-state index is 13.0. The molecule has 0 spiro atoms. The maximum atomic E-state index is 13.0. The Labute approximate surface area is 195 Å². The summed E-state index contributed by atoms with van der Waals surface area (Å²) in [6.45, 7) is 4.96. The lowest BCUT2D eigenvalue weighted by molar-refractivity contribution is -0.145. The van der Waals surface area contributed by atoms with E-state index in [1.165, 1.54) is 4.90 Å². The average molecular weight is 510 g/mol. The quantitative estimate of drug-likeness (QED) is 0.588. The molecule has 2 aliphatic rings. The van der Waals surface area contributed by atoms with Crippen molar-refractivity contribution >= 4 is 45.4 Å². The smallest absolute Gasteiger partial charge is 0.409 e. The number of hydrogen-bond donors (Lipinski definition) is 2. The highest BCUT2D eigenvalue weighted by Crippen LogP contribution is 2.16. The fourth-order valence-electron chi connectivity index (χ4n) is 3.72. The van der Waals surface area contributed by atoms with Crippen molar-refractivity contribution in [1.82, 2.24) is 20.0 Å². The van der Waals surface area contributed by atoms with Crippen LogP contribution in [0, 0.1) is 0 Å². The monoisotopic (exact) mass is 509 g/mol. The Hall–Kier alpha value is -2.66. The topological polar surface area (TPSA) is 111 Å². The third-order valence-corrected chi connectivity index (χ3v) is 5.94. The normalized spacial score (nSPS) is 19.3. The van der Waals surface area contributed by atoms with E-state index in [4.69, 9.17) is 4.74 Å². The standard InChI is InChI=1S/C21H28BrN5O5/c1-2-32-21(31)26-11-9-25(10-12-26)14-19(29)27-8-7-23-20(30)17(27)13-18(28)24-16-5-3-15(22)4-6-16/h3-6,17H,2,7-14H2,1H3,(H,23,30)(H,24,28). The first kappa shape index (κ1) is 24.0. The van der Waals surface area contributed by atoms with Gasteiger partial charge in [0.2, 0.25) is 17.7 Å². The van der Waals surface area contributed by atoms with E-state index in [2.05, 4.69) is 26.6 Å². The van der Waals surface area contributed by atoms with Gasteiger partial charge in [-0.2, -0.15) is 0 Å². The summed E-state index contributed by atoms with van der Waals surface area (Å²) < 4.78 is 5.90. The zero-order valence-electron chi connectivity index (χ0n) is 18.0. The van der Waals surface area contributed by atoms with Crippen LogP contribution in [-0.4, -0.2) is 97.0 Å². The van der Waals surface area contributed by atoms with Crippen LogP contribution < -0.4 is 10.6 Å². The Bertz CT molecular complexity index is 841. The molecule has 2 fully saturated rings. The molecule has 174 valence electrons. The molecule has 2 heterocycles. The molecule has 1 aromatic rings. The van der Waals surface area contributed by atoms with Gasteiger partial charge in [0, 0.05) is 49.4 Å². The lowest BCUT2D eigenvalue weighted by Gasteiger charge is -2.38. The molecule has 4 amide bonds. The third-order valence-electron chi connectivity index (χ3n) is 5.42. The predicted molar refractivity (Wildman–Crippen MR) is 121 cm³/mol. The minimum absolute atomic E-state index is 0.121. The van der Waals surface area contributed by atoms with Crippen molar-refractivity contribution in [1.29, 1.82) is 0 Å². The first-order chi connectivity index (χ1) is 15.4. The van der Waals surface area contributed by atoms with E-state index >= 15 is 0 Å². The van der Waals surface area contributed by atoms with E-state index in [0.29, 0.717) is 51.6 Å². The SMILES string of the molecule is CCOC(=O)N1CCN(CC(=O)N2CCNC(=O)C2CC(=O)Nc2ccc(Br)cc2)CC1. The van der Waals surface area contributed by atoms with Gasteiger partial charge in [0.05, 0.1) is 19.6 Å². The van der Waals surface area contributed by atoms with E-state index in [1.807, 2.05) is 4.90 Å². The van der Waals surface area contributed by atoms with Crippen LogP contribution in [0.3, 0.4) is 0 Å². The predicted octanol–water partition coefficient (Wildman–Crippen LogP) is 0.879. The van der Waals surface area contributed by atoms with Crippen molar-refractivity contribution in [3.05, 3.63) is 28.7 Å². The zero-order valence-corrected chi connectivity index (χ0v) is 19.6. The number of ether oxygens (including phenoxy) is 1. The number of rotatable bonds is 6. The van der Waals surface area contributed by atoms with Gasteiger partial charge in [-0.1, -0.05) is 15.9 Å². The molecule has 1 aromatic carbocycles. The molecule has 3 rings (SSSR count). The van der Waals surface area contributed by atoms with Crippen LogP contribution in [0.4, 0.5) is 10.5 Å². The summed E-state index contributed by atoms with van der Waals surface area (Å²) in [6.07, 6.45) is -0.465. The van der Waals surface area contributed by atoms with Gasteiger partial charge in [-0.05, 0) is 31.2 Å². The molecule has 0 bridgehead atoms. The van der Waals surface area contributed by atoms with Crippen LogP contribution in [0.2, 0.25) is 0 Å². The van der Waals surface area contributed by atoms with Crippen molar-refractivity contribution in [2.75, 3.05) is 57.7 Å². The van der Waals surface area contributed by atoms with Crippen molar-refractivity contribution in [2.45, 2.75) is 19.4 Å². The number of amides is 4. The number of benzene rings is 1. The summed E-state index contributed by atoms with van der Waals surface area (Å²) in [5.41, 5.74) is 0.617. The largest absolute Gasteiger partial charge is 0.450 e. The summed E-state index contributed by atoms with van der Waals surface area (Å²) >= 11 is 3.34. The molecule has 32 heavy (non-hydrogen) atoms. The van der Waals surface area contributed by atoms with Crippen molar-refractivity contribution in [3.8, 4) is 0 Å². The number of halogens is 1. The second kappa shape index (κ2) is 11.3. The van der Waals surface area contributed by atoms with Gasteiger partial charge >= 0.3 is 6.09 Å². The lowest BCUT2D eigenvalue weighted by atomic mass is 10.1. The van der Waals surface area contributed by atoms with Crippen LogP contribution in [-0.2, 0) is 19.1 Å². The molecule has 2 N–H and O–H groups in total. The second-order valence-corrected chi connectivity index (χ2v) is 8.53. The summed E-state index contributed by atoms with van der Waals surface area (Å²) in [4.78, 5) is 54.8. The fourth-order valence-corrected chi connectivity index (χ4v) is 3.99. The van der Waals surface area contributed by atoms with E-state index in [9.17, 15) is 19.2 Å². The molecule has 2 saturated heterocycles. The van der Waals surface area contributed by atoms with Crippen LogP contribution in [0.1, 0.15) is 13.3 Å². The molecule has 0 aliphatic carbocycles. The van der Waals surface area contributed by atoms with Crippen LogP contribution in [0.15, 0.2) is 28.7 Å². The Morgan fingerprint density at radius 1 is 1.12 bits per heavy atom. The first-order valence-corrected chi connectivity index (χ1v) is 11.4. The number of piperazine rings is 2. The van der Waals surface area contributed by atoms with Crippen LogP contribution in [0.25, 0.3) is 0 Å². The highest BCUT2D eigenvalue weighted by molar-refractivity contribution is 9.10. The Morgan fingerprint density at radius 2 is 1.81 bits per heavy atom. The molecular weight excluding hydrogens is 482 g/mol. The molecule has 2 aliphatic heterocycles. The van der Waals surface area contributed by atoms with E-state index in [0.717, 1.165) is 4.47 Å². The number of anilines is 1. The van der Waals surface area contributed by atoms with Gasteiger partial charge in [-0.3, -0.25) is 19.3 Å².